The number of amides is 1. The smallest absolute Gasteiger partial charge is 0.246 e. The fourth-order valence-corrected chi connectivity index (χ4v) is 1.56. The van der Waals surface area contributed by atoms with Crippen molar-refractivity contribution < 1.29 is 9.53 Å². The first kappa shape index (κ1) is 10.5. The molecule has 1 saturated carbocycles. The van der Waals surface area contributed by atoms with Gasteiger partial charge in [0.2, 0.25) is 5.91 Å². The quantitative estimate of drug-likeness (QED) is 0.681. The molecule has 1 amide bonds. The summed E-state index contributed by atoms with van der Waals surface area (Å²) in [6.45, 7) is 2.60. The minimum absolute atomic E-state index is 0.337. The minimum atomic E-state index is -0.375. The summed E-state index contributed by atoms with van der Waals surface area (Å²) in [5, 5.41) is 0. The summed E-state index contributed by atoms with van der Waals surface area (Å²) in [7, 11) is 0. The Morgan fingerprint density at radius 3 is 2.69 bits per heavy atom. The van der Waals surface area contributed by atoms with E-state index < -0.39 is 0 Å². The molecule has 1 atom stereocenters. The van der Waals surface area contributed by atoms with E-state index in [9.17, 15) is 4.79 Å². The van der Waals surface area contributed by atoms with Gasteiger partial charge >= 0.3 is 0 Å². The lowest BCUT2D eigenvalue weighted by Gasteiger charge is -2.25. The van der Waals surface area contributed by atoms with E-state index in [0.717, 1.165) is 12.3 Å². The van der Waals surface area contributed by atoms with Gasteiger partial charge in [-0.3, -0.25) is 4.79 Å². The first-order chi connectivity index (χ1) is 6.24. The molecule has 1 fully saturated rings. The molecule has 1 aliphatic rings. The molecule has 13 heavy (non-hydrogen) atoms. The second kappa shape index (κ2) is 5.22. The van der Waals surface area contributed by atoms with Gasteiger partial charge in [-0.2, -0.15) is 0 Å². The van der Waals surface area contributed by atoms with E-state index in [0.29, 0.717) is 13.0 Å². The van der Waals surface area contributed by atoms with Crippen molar-refractivity contribution in [2.24, 2.45) is 11.7 Å². The van der Waals surface area contributed by atoms with Crippen LogP contribution in [-0.4, -0.2) is 18.6 Å². The van der Waals surface area contributed by atoms with E-state index in [1.807, 2.05) is 6.92 Å². The third kappa shape index (κ3) is 3.35. The summed E-state index contributed by atoms with van der Waals surface area (Å²) in [5.74, 6) is 0.501. The van der Waals surface area contributed by atoms with Crippen molar-refractivity contribution in [1.29, 1.82) is 0 Å². The van der Waals surface area contributed by atoms with Gasteiger partial charge in [0.1, 0.15) is 6.10 Å². The number of carbonyl (C=O) groups is 1. The zero-order valence-corrected chi connectivity index (χ0v) is 8.29. The first-order valence-electron chi connectivity index (χ1n) is 5.15. The zero-order valence-electron chi connectivity index (χ0n) is 8.29. The van der Waals surface area contributed by atoms with E-state index in [1.165, 1.54) is 19.3 Å². The molecule has 0 radical (unpaired) electrons. The Kier molecular flexibility index (Phi) is 4.22. The van der Waals surface area contributed by atoms with Crippen molar-refractivity contribution in [1.82, 2.24) is 0 Å². The highest BCUT2D eigenvalue weighted by Crippen LogP contribution is 2.29. The summed E-state index contributed by atoms with van der Waals surface area (Å²) < 4.78 is 5.38. The maximum absolute atomic E-state index is 10.8. The van der Waals surface area contributed by atoms with E-state index in [1.54, 1.807) is 0 Å². The first-order valence-corrected chi connectivity index (χ1v) is 5.15. The van der Waals surface area contributed by atoms with Gasteiger partial charge in [0.25, 0.3) is 0 Å². The molecular weight excluding hydrogens is 166 g/mol. The van der Waals surface area contributed by atoms with Gasteiger partial charge in [-0.05, 0) is 18.8 Å². The normalized spacial score (nSPS) is 19.5. The molecule has 0 heterocycles. The number of ether oxygens (including phenoxy) is 1. The third-order valence-corrected chi connectivity index (χ3v) is 2.76. The van der Waals surface area contributed by atoms with Crippen LogP contribution in [0.15, 0.2) is 0 Å². The highest BCUT2D eigenvalue weighted by atomic mass is 16.5. The van der Waals surface area contributed by atoms with Crippen LogP contribution in [0.5, 0.6) is 0 Å². The number of primary amides is 1. The summed E-state index contributed by atoms with van der Waals surface area (Å²) >= 11 is 0. The van der Waals surface area contributed by atoms with Crippen LogP contribution in [0.2, 0.25) is 0 Å². The molecule has 0 aromatic carbocycles. The minimum Gasteiger partial charge on any atom is -0.368 e. The molecular formula is C10H19NO2. The number of hydrogen-bond donors (Lipinski definition) is 1. The number of carbonyl (C=O) groups excluding carboxylic acids is 1. The average molecular weight is 185 g/mol. The van der Waals surface area contributed by atoms with E-state index >= 15 is 0 Å². The summed E-state index contributed by atoms with van der Waals surface area (Å²) in [4.78, 5) is 10.8. The monoisotopic (exact) mass is 185 g/mol. The maximum atomic E-state index is 10.8. The van der Waals surface area contributed by atoms with Gasteiger partial charge in [-0.25, -0.2) is 0 Å². The fraction of sp³-hybridized carbons (Fsp3) is 0.900. The van der Waals surface area contributed by atoms with E-state index in [4.69, 9.17) is 10.5 Å². The summed E-state index contributed by atoms with van der Waals surface area (Å²) in [5.41, 5.74) is 5.15. The Balaban J connectivity index is 2.05. The molecule has 1 unspecified atom stereocenters. The molecule has 1 rings (SSSR count). The van der Waals surface area contributed by atoms with Gasteiger partial charge in [-0.1, -0.05) is 26.2 Å². The molecule has 0 spiro atoms. The van der Waals surface area contributed by atoms with Crippen molar-refractivity contribution in [2.75, 3.05) is 6.61 Å². The molecule has 3 heteroatoms. The molecule has 0 aromatic heterocycles. The van der Waals surface area contributed by atoms with Gasteiger partial charge in [0.15, 0.2) is 0 Å². The Bertz CT molecular complexity index is 166. The van der Waals surface area contributed by atoms with Gasteiger partial charge < -0.3 is 10.5 Å². The van der Waals surface area contributed by atoms with Crippen LogP contribution in [-0.2, 0) is 9.53 Å². The van der Waals surface area contributed by atoms with Crippen LogP contribution in [0.3, 0.4) is 0 Å². The highest BCUT2D eigenvalue weighted by molar-refractivity contribution is 5.78. The second-order valence-electron chi connectivity index (χ2n) is 3.76. The lowest BCUT2D eigenvalue weighted by atomic mass is 9.83. The molecule has 0 bridgehead atoms. The standard InChI is InChI=1S/C10H19NO2/c1-2-9(10(11)12)13-7-6-8-4-3-5-8/h8-9H,2-7H2,1H3,(H2,11,12). The second-order valence-corrected chi connectivity index (χ2v) is 3.76. The van der Waals surface area contributed by atoms with Crippen LogP contribution in [0.25, 0.3) is 0 Å². The SMILES string of the molecule is CCC(OCCC1CCC1)C(N)=O. The van der Waals surface area contributed by atoms with Crippen molar-refractivity contribution in [3.8, 4) is 0 Å². The molecule has 0 aliphatic heterocycles. The van der Waals surface area contributed by atoms with Crippen molar-refractivity contribution in [3.05, 3.63) is 0 Å². The maximum Gasteiger partial charge on any atom is 0.246 e. The Morgan fingerprint density at radius 2 is 2.31 bits per heavy atom. The van der Waals surface area contributed by atoms with E-state index in [-0.39, 0.29) is 12.0 Å². The topological polar surface area (TPSA) is 52.3 Å². The molecule has 1 aliphatic carbocycles. The van der Waals surface area contributed by atoms with Crippen LogP contribution in [0, 0.1) is 5.92 Å². The van der Waals surface area contributed by atoms with Crippen LogP contribution in [0.1, 0.15) is 39.0 Å². The largest absolute Gasteiger partial charge is 0.368 e. The molecule has 3 nitrogen and oxygen atoms in total. The van der Waals surface area contributed by atoms with E-state index in [2.05, 4.69) is 0 Å². The predicted octanol–water partition coefficient (Wildman–Crippen LogP) is 1.46. The summed E-state index contributed by atoms with van der Waals surface area (Å²) in [6, 6.07) is 0. The fourth-order valence-electron chi connectivity index (χ4n) is 1.56. The number of rotatable bonds is 6. The molecule has 2 N–H and O–H groups in total. The van der Waals surface area contributed by atoms with Crippen LogP contribution >= 0.6 is 0 Å². The molecule has 0 aromatic rings. The zero-order chi connectivity index (χ0) is 9.68. The summed E-state index contributed by atoms with van der Waals surface area (Å²) in [6.07, 6.45) is 5.41. The van der Waals surface area contributed by atoms with Gasteiger partial charge in [-0.15, -0.1) is 0 Å². The molecule has 0 saturated heterocycles. The average Bonchev–Trinajstić information content (AvgIpc) is 2.00. The number of hydrogen-bond acceptors (Lipinski definition) is 2. The lowest BCUT2D eigenvalue weighted by Crippen LogP contribution is -2.31. The van der Waals surface area contributed by atoms with Crippen LogP contribution in [0.4, 0.5) is 0 Å². The van der Waals surface area contributed by atoms with Crippen molar-refractivity contribution in [2.45, 2.75) is 45.1 Å². The van der Waals surface area contributed by atoms with Crippen molar-refractivity contribution >= 4 is 5.91 Å². The molecule has 76 valence electrons. The lowest BCUT2D eigenvalue weighted by molar-refractivity contribution is -0.130. The Hall–Kier alpha value is -0.570. The van der Waals surface area contributed by atoms with Gasteiger partial charge in [0.05, 0.1) is 0 Å². The third-order valence-electron chi connectivity index (χ3n) is 2.76. The number of nitrogens with two attached hydrogens (primary N) is 1. The highest BCUT2D eigenvalue weighted by Gasteiger charge is 2.18. The van der Waals surface area contributed by atoms with Crippen molar-refractivity contribution in [3.63, 3.8) is 0 Å². The predicted molar refractivity (Wildman–Crippen MR) is 51.2 cm³/mol. The van der Waals surface area contributed by atoms with Gasteiger partial charge in [0, 0.05) is 6.61 Å². The van der Waals surface area contributed by atoms with Crippen LogP contribution < -0.4 is 5.73 Å². The Morgan fingerprint density at radius 1 is 1.62 bits per heavy atom. The Labute approximate surface area is 79.6 Å².